The maximum Gasteiger partial charge on any atom is 0.420 e. The zero-order valence-corrected chi connectivity index (χ0v) is 14.9. The number of rotatable bonds is 4. The van der Waals surface area contributed by atoms with Crippen LogP contribution in [0.1, 0.15) is 36.8 Å². The average Bonchev–Trinajstić information content (AvgIpc) is 2.60. The second-order valence-corrected chi connectivity index (χ2v) is 6.96. The number of benzene rings is 2. The maximum absolute atomic E-state index is 13.8. The van der Waals surface area contributed by atoms with Gasteiger partial charge in [0.15, 0.2) is 0 Å². The molecule has 0 aromatic heterocycles. The first-order chi connectivity index (χ1) is 13.1. The number of alkyl halides is 6. The third-order valence-electron chi connectivity index (χ3n) is 5.11. The van der Waals surface area contributed by atoms with Crippen LogP contribution in [0.15, 0.2) is 35.3 Å². The summed E-state index contributed by atoms with van der Waals surface area (Å²) in [6.07, 6.45) is -9.76. The lowest BCUT2D eigenvalue weighted by Crippen LogP contribution is -2.32. The van der Waals surface area contributed by atoms with E-state index in [9.17, 15) is 26.3 Å². The van der Waals surface area contributed by atoms with Gasteiger partial charge >= 0.3 is 12.4 Å². The Morgan fingerprint density at radius 2 is 1.61 bits per heavy atom. The molecule has 1 fully saturated rings. The smallest absolute Gasteiger partial charge is 0.420 e. The molecule has 152 valence electrons. The van der Waals surface area contributed by atoms with Gasteiger partial charge in [0.1, 0.15) is 11.3 Å². The summed E-state index contributed by atoms with van der Waals surface area (Å²) >= 11 is 0. The number of fused-ring (bicyclic) bond motifs is 1. The van der Waals surface area contributed by atoms with Crippen molar-refractivity contribution in [2.45, 2.75) is 50.7 Å². The molecule has 0 spiro atoms. The van der Waals surface area contributed by atoms with Gasteiger partial charge in [0.05, 0.1) is 18.6 Å². The summed E-state index contributed by atoms with van der Waals surface area (Å²) in [5.74, 6) is -1.76. The van der Waals surface area contributed by atoms with Crippen molar-refractivity contribution in [2.75, 3.05) is 0 Å². The van der Waals surface area contributed by atoms with Gasteiger partial charge in [0.2, 0.25) is 0 Å². The SMILES string of the molecule is C=NCc1cccc2c(C(F)(F)F)c(O[C@H]3CC[C@@H](C(F)(F)F)CC3)ccc12. The number of halogens is 6. The van der Waals surface area contributed by atoms with E-state index >= 15 is 0 Å². The van der Waals surface area contributed by atoms with Crippen LogP contribution in [-0.4, -0.2) is 19.0 Å². The highest BCUT2D eigenvalue weighted by Crippen LogP contribution is 2.44. The minimum Gasteiger partial charge on any atom is -0.490 e. The number of aliphatic imine (C=N–C) groups is 1. The molecule has 0 radical (unpaired) electrons. The van der Waals surface area contributed by atoms with Crippen LogP contribution in [0.3, 0.4) is 0 Å². The molecule has 0 bridgehead atoms. The van der Waals surface area contributed by atoms with E-state index in [-0.39, 0.29) is 43.4 Å². The fraction of sp³-hybridized carbons (Fsp3) is 0.450. The largest absolute Gasteiger partial charge is 0.490 e. The molecule has 0 N–H and O–H groups in total. The molecule has 0 unspecified atom stereocenters. The van der Waals surface area contributed by atoms with Crippen molar-refractivity contribution in [3.05, 3.63) is 41.5 Å². The molecule has 1 aliphatic rings. The van der Waals surface area contributed by atoms with Crippen molar-refractivity contribution >= 4 is 17.5 Å². The summed E-state index contributed by atoms with van der Waals surface area (Å²) < 4.78 is 85.3. The van der Waals surface area contributed by atoms with E-state index in [1.807, 2.05) is 0 Å². The molecule has 3 rings (SSSR count). The van der Waals surface area contributed by atoms with E-state index in [1.165, 1.54) is 24.3 Å². The minimum atomic E-state index is -4.67. The Balaban J connectivity index is 1.93. The van der Waals surface area contributed by atoms with Gasteiger partial charge in [-0.15, -0.1) is 0 Å². The zero-order valence-electron chi connectivity index (χ0n) is 14.9. The third kappa shape index (κ3) is 4.25. The molecular formula is C20H19F6NO. The first-order valence-electron chi connectivity index (χ1n) is 8.89. The van der Waals surface area contributed by atoms with Crippen LogP contribution in [0.4, 0.5) is 26.3 Å². The summed E-state index contributed by atoms with van der Waals surface area (Å²) in [6, 6.07) is 7.32. The van der Waals surface area contributed by atoms with Crippen LogP contribution >= 0.6 is 0 Å². The molecule has 28 heavy (non-hydrogen) atoms. The number of ether oxygens (including phenoxy) is 1. The van der Waals surface area contributed by atoms with Gasteiger partial charge in [-0.1, -0.05) is 24.3 Å². The van der Waals surface area contributed by atoms with Crippen molar-refractivity contribution in [3.63, 3.8) is 0 Å². The van der Waals surface area contributed by atoms with Crippen LogP contribution in [0.2, 0.25) is 0 Å². The van der Waals surface area contributed by atoms with E-state index < -0.39 is 29.9 Å². The Morgan fingerprint density at radius 3 is 2.18 bits per heavy atom. The van der Waals surface area contributed by atoms with Crippen molar-refractivity contribution in [1.29, 1.82) is 0 Å². The lowest BCUT2D eigenvalue weighted by molar-refractivity contribution is -0.185. The van der Waals surface area contributed by atoms with Gasteiger partial charge < -0.3 is 4.74 Å². The van der Waals surface area contributed by atoms with Crippen molar-refractivity contribution in [2.24, 2.45) is 10.9 Å². The number of nitrogens with zero attached hydrogens (tertiary/aromatic N) is 1. The van der Waals surface area contributed by atoms with Crippen LogP contribution in [0.5, 0.6) is 5.75 Å². The highest BCUT2D eigenvalue weighted by molar-refractivity contribution is 5.91. The summed E-state index contributed by atoms with van der Waals surface area (Å²) in [6.45, 7) is 3.55. The van der Waals surface area contributed by atoms with Crippen molar-refractivity contribution < 1.29 is 31.1 Å². The predicted octanol–water partition coefficient (Wildman–Crippen LogP) is 6.56. The van der Waals surface area contributed by atoms with E-state index in [0.717, 1.165) is 0 Å². The summed E-state index contributed by atoms with van der Waals surface area (Å²) in [5.41, 5.74) is -0.302. The van der Waals surface area contributed by atoms with E-state index in [4.69, 9.17) is 4.74 Å². The molecular weight excluding hydrogens is 384 g/mol. The molecule has 1 aliphatic carbocycles. The summed E-state index contributed by atoms with van der Waals surface area (Å²) in [5, 5.41) is 0.380. The first-order valence-corrected chi connectivity index (χ1v) is 8.89. The van der Waals surface area contributed by atoms with Gasteiger partial charge in [-0.25, -0.2) is 0 Å². The molecule has 1 saturated carbocycles. The lowest BCUT2D eigenvalue weighted by atomic mass is 9.87. The fourth-order valence-electron chi connectivity index (χ4n) is 3.74. The molecule has 0 amide bonds. The Bertz CT molecular complexity index is 850. The van der Waals surface area contributed by atoms with Crippen LogP contribution in [0, 0.1) is 5.92 Å². The monoisotopic (exact) mass is 403 g/mol. The van der Waals surface area contributed by atoms with E-state index in [2.05, 4.69) is 11.7 Å². The topological polar surface area (TPSA) is 21.6 Å². The predicted molar refractivity (Wildman–Crippen MR) is 94.6 cm³/mol. The van der Waals surface area contributed by atoms with E-state index in [1.54, 1.807) is 6.07 Å². The molecule has 2 nitrogen and oxygen atoms in total. The lowest BCUT2D eigenvalue weighted by Gasteiger charge is -2.31. The van der Waals surface area contributed by atoms with Gasteiger partial charge in [-0.2, -0.15) is 26.3 Å². The van der Waals surface area contributed by atoms with Crippen LogP contribution < -0.4 is 4.74 Å². The second kappa shape index (κ2) is 7.64. The van der Waals surface area contributed by atoms with Gasteiger partial charge in [0, 0.05) is 0 Å². The Labute approximate surface area is 158 Å². The minimum absolute atomic E-state index is 0.0184. The van der Waals surface area contributed by atoms with Gasteiger partial charge in [-0.3, -0.25) is 4.99 Å². The van der Waals surface area contributed by atoms with Gasteiger partial charge in [0.25, 0.3) is 0 Å². The highest BCUT2D eigenvalue weighted by atomic mass is 19.4. The zero-order chi connectivity index (χ0) is 20.5. The van der Waals surface area contributed by atoms with Gasteiger partial charge in [-0.05, 0) is 54.8 Å². The Kier molecular flexibility index (Phi) is 5.59. The van der Waals surface area contributed by atoms with Crippen molar-refractivity contribution in [3.8, 4) is 5.75 Å². The Morgan fingerprint density at radius 1 is 0.929 bits per heavy atom. The van der Waals surface area contributed by atoms with Crippen LogP contribution in [0.25, 0.3) is 10.8 Å². The first kappa shape index (κ1) is 20.5. The summed E-state index contributed by atoms with van der Waals surface area (Å²) in [7, 11) is 0. The number of hydrogen-bond donors (Lipinski definition) is 0. The molecule has 0 saturated heterocycles. The average molecular weight is 403 g/mol. The van der Waals surface area contributed by atoms with Crippen LogP contribution in [-0.2, 0) is 12.7 Å². The third-order valence-corrected chi connectivity index (χ3v) is 5.11. The molecule has 2 aromatic carbocycles. The maximum atomic E-state index is 13.8. The van der Waals surface area contributed by atoms with E-state index in [0.29, 0.717) is 10.9 Å². The normalized spacial score (nSPS) is 20.9. The molecule has 0 heterocycles. The molecule has 0 aliphatic heterocycles. The number of hydrogen-bond acceptors (Lipinski definition) is 2. The molecule has 8 heteroatoms. The Hall–Kier alpha value is -2.25. The quantitative estimate of drug-likeness (QED) is 0.419. The standard InChI is InChI=1S/C20H19F6NO/c1-27-11-12-3-2-4-16-15(12)9-10-17(18(16)20(24,25)26)28-14-7-5-13(6-8-14)19(21,22)23/h2-4,9-10,13-14H,1,5-8,11H2/t13-,14+. The second-order valence-electron chi connectivity index (χ2n) is 6.96. The summed E-state index contributed by atoms with van der Waals surface area (Å²) in [4.78, 5) is 3.74. The van der Waals surface area contributed by atoms with Crippen molar-refractivity contribution in [1.82, 2.24) is 0 Å². The molecule has 2 aromatic rings. The fourth-order valence-corrected chi connectivity index (χ4v) is 3.74. The molecule has 0 atom stereocenters. The highest BCUT2D eigenvalue weighted by Gasteiger charge is 2.42.